The van der Waals surface area contributed by atoms with E-state index in [2.05, 4.69) is 65.1 Å². The van der Waals surface area contributed by atoms with Crippen molar-refractivity contribution in [2.75, 3.05) is 6.54 Å². The minimum atomic E-state index is 0.798. The van der Waals surface area contributed by atoms with Crippen molar-refractivity contribution in [1.29, 1.82) is 0 Å². The number of aromatic nitrogens is 2. The van der Waals surface area contributed by atoms with Crippen molar-refractivity contribution in [2.45, 2.75) is 19.9 Å². The molecular weight excluding hydrogens is 438 g/mol. The van der Waals surface area contributed by atoms with Crippen molar-refractivity contribution in [1.82, 2.24) is 15.1 Å². The van der Waals surface area contributed by atoms with Gasteiger partial charge < -0.3 is 5.32 Å². The number of rotatable bonds is 5. The van der Waals surface area contributed by atoms with E-state index in [0.29, 0.717) is 0 Å². The van der Waals surface area contributed by atoms with Crippen LogP contribution in [0.5, 0.6) is 0 Å². The predicted molar refractivity (Wildman–Crippen MR) is 88.7 cm³/mol. The third-order valence-corrected chi connectivity index (χ3v) is 4.25. The van der Waals surface area contributed by atoms with Crippen molar-refractivity contribution < 1.29 is 0 Å². The fourth-order valence-corrected chi connectivity index (χ4v) is 4.35. The molecule has 1 aromatic heterocycles. The SMILES string of the molecule is CCCNCc1ccn(-c2c(Br)cc(Br)cc2Br)n1. The molecule has 1 N–H and O–H groups in total. The lowest BCUT2D eigenvalue weighted by Crippen LogP contribution is -2.14. The maximum Gasteiger partial charge on any atom is 0.0930 e. The van der Waals surface area contributed by atoms with E-state index in [1.165, 1.54) is 0 Å². The highest BCUT2D eigenvalue weighted by Crippen LogP contribution is 2.32. The maximum absolute atomic E-state index is 4.58. The molecule has 6 heteroatoms. The van der Waals surface area contributed by atoms with Crippen LogP contribution in [0.4, 0.5) is 0 Å². The minimum absolute atomic E-state index is 0.798. The quantitative estimate of drug-likeness (QED) is 0.670. The smallest absolute Gasteiger partial charge is 0.0930 e. The van der Waals surface area contributed by atoms with Crippen LogP contribution in [0.25, 0.3) is 5.69 Å². The highest BCUT2D eigenvalue weighted by Gasteiger charge is 2.10. The Bertz CT molecular complexity index is 543. The number of halogens is 3. The number of hydrogen-bond donors (Lipinski definition) is 1. The normalized spacial score (nSPS) is 10.9. The van der Waals surface area contributed by atoms with Gasteiger partial charge in [-0.15, -0.1) is 0 Å². The Balaban J connectivity index is 2.23. The molecule has 0 fully saturated rings. The molecule has 102 valence electrons. The topological polar surface area (TPSA) is 29.9 Å². The lowest BCUT2D eigenvalue weighted by atomic mass is 10.3. The summed E-state index contributed by atoms with van der Waals surface area (Å²) in [5.41, 5.74) is 2.04. The van der Waals surface area contributed by atoms with Crippen LogP contribution in [-0.4, -0.2) is 16.3 Å². The van der Waals surface area contributed by atoms with E-state index >= 15 is 0 Å². The average Bonchev–Trinajstić information content (AvgIpc) is 2.76. The first kappa shape index (κ1) is 15.2. The summed E-state index contributed by atoms with van der Waals surface area (Å²) < 4.78 is 4.88. The van der Waals surface area contributed by atoms with E-state index in [1.54, 1.807) is 0 Å². The number of nitrogens with one attached hydrogen (secondary N) is 1. The van der Waals surface area contributed by atoms with Gasteiger partial charge in [0.05, 0.1) is 11.4 Å². The largest absolute Gasteiger partial charge is 0.311 e. The molecule has 0 aliphatic rings. The van der Waals surface area contributed by atoms with E-state index in [1.807, 2.05) is 29.1 Å². The van der Waals surface area contributed by atoms with Gasteiger partial charge in [0.25, 0.3) is 0 Å². The van der Waals surface area contributed by atoms with Gasteiger partial charge in [-0.3, -0.25) is 0 Å². The van der Waals surface area contributed by atoms with Crippen LogP contribution in [0.1, 0.15) is 19.0 Å². The van der Waals surface area contributed by atoms with E-state index < -0.39 is 0 Å². The molecule has 2 rings (SSSR count). The molecule has 0 aliphatic carbocycles. The van der Waals surface area contributed by atoms with Gasteiger partial charge in [0.2, 0.25) is 0 Å². The monoisotopic (exact) mass is 449 g/mol. The highest BCUT2D eigenvalue weighted by atomic mass is 79.9. The van der Waals surface area contributed by atoms with Crippen molar-refractivity contribution >= 4 is 47.8 Å². The second-order valence-electron chi connectivity index (χ2n) is 4.15. The zero-order chi connectivity index (χ0) is 13.8. The standard InChI is InChI=1S/C13H14Br3N3/c1-2-4-17-8-10-3-5-19(18-10)13-11(15)6-9(14)7-12(13)16/h3,5-7,17H,2,4,8H2,1H3. The third kappa shape index (κ3) is 3.90. The summed E-state index contributed by atoms with van der Waals surface area (Å²) in [7, 11) is 0. The zero-order valence-electron chi connectivity index (χ0n) is 10.5. The zero-order valence-corrected chi connectivity index (χ0v) is 15.2. The second-order valence-corrected chi connectivity index (χ2v) is 6.77. The number of benzene rings is 1. The van der Waals surface area contributed by atoms with Gasteiger partial charge in [-0.05, 0) is 63.0 Å². The molecule has 1 heterocycles. The van der Waals surface area contributed by atoms with Crippen LogP contribution >= 0.6 is 47.8 Å². The lowest BCUT2D eigenvalue weighted by Gasteiger charge is -2.08. The van der Waals surface area contributed by atoms with Crippen LogP contribution in [0.15, 0.2) is 37.8 Å². The molecule has 2 aromatic rings. The molecule has 0 aliphatic heterocycles. The van der Waals surface area contributed by atoms with E-state index in [4.69, 9.17) is 0 Å². The highest BCUT2D eigenvalue weighted by molar-refractivity contribution is 9.11. The lowest BCUT2D eigenvalue weighted by molar-refractivity contribution is 0.656. The Morgan fingerprint density at radius 3 is 2.53 bits per heavy atom. The summed E-state index contributed by atoms with van der Waals surface area (Å²) in [6, 6.07) is 6.05. The molecule has 0 saturated carbocycles. The summed E-state index contributed by atoms with van der Waals surface area (Å²) in [4.78, 5) is 0. The van der Waals surface area contributed by atoms with Crippen LogP contribution in [0.2, 0.25) is 0 Å². The molecule has 0 spiro atoms. The van der Waals surface area contributed by atoms with Crippen molar-refractivity contribution in [3.8, 4) is 5.69 Å². The van der Waals surface area contributed by atoms with E-state index in [-0.39, 0.29) is 0 Å². The van der Waals surface area contributed by atoms with Crippen molar-refractivity contribution in [2.24, 2.45) is 0 Å². The summed E-state index contributed by atoms with van der Waals surface area (Å²) in [6.45, 7) is 3.97. The summed E-state index contributed by atoms with van der Waals surface area (Å²) in [6.07, 6.45) is 3.10. The molecule has 1 aromatic carbocycles. The van der Waals surface area contributed by atoms with Gasteiger partial charge in [0.15, 0.2) is 0 Å². The first-order valence-electron chi connectivity index (χ1n) is 6.02. The third-order valence-electron chi connectivity index (χ3n) is 2.59. The molecule has 0 amide bonds. The van der Waals surface area contributed by atoms with Crippen LogP contribution in [0, 0.1) is 0 Å². The van der Waals surface area contributed by atoms with Gasteiger partial charge >= 0.3 is 0 Å². The first-order chi connectivity index (χ1) is 9.11. The maximum atomic E-state index is 4.58. The van der Waals surface area contributed by atoms with Gasteiger partial charge in [0.1, 0.15) is 0 Å². The molecule has 0 radical (unpaired) electrons. The van der Waals surface area contributed by atoms with Crippen molar-refractivity contribution in [3.05, 3.63) is 43.5 Å². The molecule has 0 bridgehead atoms. The van der Waals surface area contributed by atoms with Crippen LogP contribution in [0.3, 0.4) is 0 Å². The number of nitrogens with zero attached hydrogens (tertiary/aromatic N) is 2. The number of hydrogen-bond acceptors (Lipinski definition) is 2. The van der Waals surface area contributed by atoms with Gasteiger partial charge in [-0.2, -0.15) is 5.10 Å². The Hall–Kier alpha value is -0.170. The van der Waals surface area contributed by atoms with Gasteiger partial charge in [-0.25, -0.2) is 4.68 Å². The Morgan fingerprint density at radius 2 is 1.89 bits per heavy atom. The predicted octanol–water partition coefficient (Wildman–Crippen LogP) is 4.66. The van der Waals surface area contributed by atoms with Gasteiger partial charge in [0, 0.05) is 26.2 Å². The van der Waals surface area contributed by atoms with Crippen molar-refractivity contribution in [3.63, 3.8) is 0 Å². The minimum Gasteiger partial charge on any atom is -0.311 e. The summed E-state index contributed by atoms with van der Waals surface area (Å²) in [5, 5.41) is 7.93. The average molecular weight is 452 g/mol. The molecule has 0 atom stereocenters. The van der Waals surface area contributed by atoms with Crippen LogP contribution in [-0.2, 0) is 6.54 Å². The molecule has 0 unspecified atom stereocenters. The molecule has 0 saturated heterocycles. The van der Waals surface area contributed by atoms with E-state index in [0.717, 1.165) is 44.3 Å². The second kappa shape index (κ2) is 7.02. The fourth-order valence-electron chi connectivity index (χ4n) is 1.73. The fraction of sp³-hybridized carbons (Fsp3) is 0.308. The van der Waals surface area contributed by atoms with Gasteiger partial charge in [-0.1, -0.05) is 22.9 Å². The Morgan fingerprint density at radius 1 is 1.21 bits per heavy atom. The Kier molecular flexibility index (Phi) is 5.62. The molecule has 3 nitrogen and oxygen atoms in total. The summed E-state index contributed by atoms with van der Waals surface area (Å²) in [5.74, 6) is 0. The van der Waals surface area contributed by atoms with E-state index in [9.17, 15) is 0 Å². The first-order valence-corrected chi connectivity index (χ1v) is 8.40. The summed E-state index contributed by atoms with van der Waals surface area (Å²) >= 11 is 10.6. The Labute approximate surface area is 138 Å². The molecular formula is C13H14Br3N3. The molecule has 19 heavy (non-hydrogen) atoms. The van der Waals surface area contributed by atoms with Crippen LogP contribution < -0.4 is 5.32 Å².